The fourth-order valence-corrected chi connectivity index (χ4v) is 1.64. The molecule has 2 nitrogen and oxygen atoms in total. The monoisotopic (exact) mass is 211 g/mol. The van der Waals surface area contributed by atoms with Crippen LogP contribution in [0.4, 0.5) is 0 Å². The van der Waals surface area contributed by atoms with Gasteiger partial charge >= 0.3 is 0 Å². The van der Waals surface area contributed by atoms with Crippen molar-refractivity contribution in [3.8, 4) is 0 Å². The van der Waals surface area contributed by atoms with Gasteiger partial charge in [-0.05, 0) is 42.7 Å². The predicted molar refractivity (Wildman–Crippen MR) is 63.5 cm³/mol. The van der Waals surface area contributed by atoms with Crippen LogP contribution in [0.2, 0.25) is 0 Å². The molecule has 0 saturated carbocycles. The molecule has 16 heavy (non-hydrogen) atoms. The van der Waals surface area contributed by atoms with Crippen molar-refractivity contribution < 1.29 is 4.79 Å². The van der Waals surface area contributed by atoms with E-state index in [1.54, 1.807) is 19.3 Å². The maximum Gasteiger partial charge on any atom is 0.159 e. The molecule has 1 aromatic heterocycles. The van der Waals surface area contributed by atoms with E-state index in [4.69, 9.17) is 0 Å². The summed E-state index contributed by atoms with van der Waals surface area (Å²) in [7, 11) is 0. The lowest BCUT2D eigenvalue weighted by molar-refractivity contribution is 0.101. The summed E-state index contributed by atoms with van der Waals surface area (Å²) in [5.74, 6) is 0.108. The van der Waals surface area contributed by atoms with Crippen molar-refractivity contribution in [2.75, 3.05) is 0 Å². The van der Waals surface area contributed by atoms with Crippen LogP contribution in [0.15, 0.2) is 48.8 Å². The Kier molecular flexibility index (Phi) is 3.10. The highest BCUT2D eigenvalue weighted by Crippen LogP contribution is 2.11. The van der Waals surface area contributed by atoms with Crippen LogP contribution in [0.1, 0.15) is 28.4 Å². The van der Waals surface area contributed by atoms with Crippen molar-refractivity contribution >= 4 is 5.78 Å². The first-order valence-electron chi connectivity index (χ1n) is 5.24. The SMILES string of the molecule is CC(=O)c1cccc(Cc2ccncc2)c1. The molecule has 0 radical (unpaired) electrons. The molecule has 0 spiro atoms. The Morgan fingerprint density at radius 1 is 1.12 bits per heavy atom. The summed E-state index contributed by atoms with van der Waals surface area (Å²) in [6.45, 7) is 1.59. The van der Waals surface area contributed by atoms with Crippen LogP contribution in [0, 0.1) is 0 Å². The molecule has 2 rings (SSSR count). The molecule has 0 N–H and O–H groups in total. The van der Waals surface area contributed by atoms with Gasteiger partial charge in [-0.15, -0.1) is 0 Å². The van der Waals surface area contributed by atoms with Gasteiger partial charge in [-0.1, -0.05) is 18.2 Å². The number of hydrogen-bond donors (Lipinski definition) is 0. The third kappa shape index (κ3) is 2.54. The molecule has 0 fully saturated rings. The predicted octanol–water partition coefficient (Wildman–Crippen LogP) is 2.88. The molecule has 80 valence electrons. The number of carbonyl (C=O) groups is 1. The van der Waals surface area contributed by atoms with Gasteiger partial charge < -0.3 is 0 Å². The molecule has 0 atom stereocenters. The first-order valence-corrected chi connectivity index (χ1v) is 5.24. The molecule has 0 aliphatic carbocycles. The van der Waals surface area contributed by atoms with Gasteiger partial charge in [-0.25, -0.2) is 0 Å². The molecular weight excluding hydrogens is 198 g/mol. The molecule has 2 heteroatoms. The molecule has 0 unspecified atom stereocenters. The summed E-state index contributed by atoms with van der Waals surface area (Å²) >= 11 is 0. The molecular formula is C14H13NO. The molecule has 2 aromatic rings. The van der Waals surface area contributed by atoms with Crippen molar-refractivity contribution in [3.63, 3.8) is 0 Å². The number of carbonyl (C=O) groups excluding carboxylic acids is 1. The maximum absolute atomic E-state index is 11.2. The van der Waals surface area contributed by atoms with E-state index in [0.717, 1.165) is 17.5 Å². The van der Waals surface area contributed by atoms with Crippen LogP contribution >= 0.6 is 0 Å². The quantitative estimate of drug-likeness (QED) is 0.731. The molecule has 0 amide bonds. The Bertz CT molecular complexity index is 491. The van der Waals surface area contributed by atoms with Gasteiger partial charge in [0.15, 0.2) is 5.78 Å². The second-order valence-electron chi connectivity index (χ2n) is 3.79. The number of aromatic nitrogens is 1. The largest absolute Gasteiger partial charge is 0.295 e. The number of rotatable bonds is 3. The summed E-state index contributed by atoms with van der Waals surface area (Å²) in [4.78, 5) is 15.2. The highest BCUT2D eigenvalue weighted by Gasteiger charge is 2.01. The van der Waals surface area contributed by atoms with E-state index in [2.05, 4.69) is 4.98 Å². The number of hydrogen-bond acceptors (Lipinski definition) is 2. The van der Waals surface area contributed by atoms with E-state index in [1.165, 1.54) is 5.56 Å². The second-order valence-corrected chi connectivity index (χ2v) is 3.79. The van der Waals surface area contributed by atoms with Gasteiger partial charge in [0.1, 0.15) is 0 Å². The highest BCUT2D eigenvalue weighted by atomic mass is 16.1. The molecule has 0 saturated heterocycles. The van der Waals surface area contributed by atoms with Crippen LogP contribution in [-0.4, -0.2) is 10.8 Å². The van der Waals surface area contributed by atoms with Crippen LogP contribution in [-0.2, 0) is 6.42 Å². The summed E-state index contributed by atoms with van der Waals surface area (Å²) in [6.07, 6.45) is 4.40. The molecule has 0 aliphatic rings. The van der Waals surface area contributed by atoms with Crippen LogP contribution in [0.3, 0.4) is 0 Å². The highest BCUT2D eigenvalue weighted by molar-refractivity contribution is 5.94. The van der Waals surface area contributed by atoms with Crippen LogP contribution < -0.4 is 0 Å². The lowest BCUT2D eigenvalue weighted by Crippen LogP contribution is -1.94. The minimum atomic E-state index is 0.108. The Hall–Kier alpha value is -1.96. The zero-order chi connectivity index (χ0) is 11.4. The third-order valence-electron chi connectivity index (χ3n) is 2.49. The van der Waals surface area contributed by atoms with Gasteiger partial charge in [0, 0.05) is 18.0 Å². The second kappa shape index (κ2) is 4.71. The van der Waals surface area contributed by atoms with Crippen molar-refractivity contribution in [1.82, 2.24) is 4.98 Å². The number of ketones is 1. The van der Waals surface area contributed by atoms with E-state index >= 15 is 0 Å². The topological polar surface area (TPSA) is 30.0 Å². The minimum Gasteiger partial charge on any atom is -0.295 e. The van der Waals surface area contributed by atoms with E-state index < -0.39 is 0 Å². The van der Waals surface area contributed by atoms with Gasteiger partial charge in [0.2, 0.25) is 0 Å². The molecule has 0 aliphatic heterocycles. The van der Waals surface area contributed by atoms with E-state index in [9.17, 15) is 4.79 Å². The number of benzene rings is 1. The summed E-state index contributed by atoms with van der Waals surface area (Å²) in [5.41, 5.74) is 3.13. The van der Waals surface area contributed by atoms with Crippen molar-refractivity contribution in [3.05, 3.63) is 65.5 Å². The Morgan fingerprint density at radius 2 is 1.88 bits per heavy atom. The standard InChI is InChI=1S/C14H13NO/c1-11(16)14-4-2-3-13(10-14)9-12-5-7-15-8-6-12/h2-8,10H,9H2,1H3. The van der Waals surface area contributed by atoms with Crippen molar-refractivity contribution in [2.45, 2.75) is 13.3 Å². The average molecular weight is 211 g/mol. The van der Waals surface area contributed by atoms with Gasteiger partial charge in [0.25, 0.3) is 0 Å². The van der Waals surface area contributed by atoms with Gasteiger partial charge in [0.05, 0.1) is 0 Å². The normalized spacial score (nSPS) is 10.1. The maximum atomic E-state index is 11.2. The minimum absolute atomic E-state index is 0.108. The molecule has 1 heterocycles. The summed E-state index contributed by atoms with van der Waals surface area (Å²) < 4.78 is 0. The van der Waals surface area contributed by atoms with E-state index in [-0.39, 0.29) is 5.78 Å². The summed E-state index contributed by atoms with van der Waals surface area (Å²) in [6, 6.07) is 11.7. The van der Waals surface area contributed by atoms with E-state index in [0.29, 0.717) is 0 Å². The smallest absolute Gasteiger partial charge is 0.159 e. The number of Topliss-reactive ketones (excluding diaryl/α,β-unsaturated/α-hetero) is 1. The Labute approximate surface area is 95.0 Å². The lowest BCUT2D eigenvalue weighted by atomic mass is 10.0. The summed E-state index contributed by atoms with van der Waals surface area (Å²) in [5, 5.41) is 0. The van der Waals surface area contributed by atoms with Crippen molar-refractivity contribution in [2.24, 2.45) is 0 Å². The van der Waals surface area contributed by atoms with Crippen molar-refractivity contribution in [1.29, 1.82) is 0 Å². The fraction of sp³-hybridized carbons (Fsp3) is 0.143. The Morgan fingerprint density at radius 3 is 2.56 bits per heavy atom. The van der Waals surface area contributed by atoms with E-state index in [1.807, 2.05) is 36.4 Å². The fourth-order valence-electron chi connectivity index (χ4n) is 1.64. The third-order valence-corrected chi connectivity index (χ3v) is 2.49. The molecule has 1 aromatic carbocycles. The van der Waals surface area contributed by atoms with Gasteiger partial charge in [-0.3, -0.25) is 9.78 Å². The Balaban J connectivity index is 2.22. The first kappa shape index (κ1) is 10.6. The van der Waals surface area contributed by atoms with Crippen LogP contribution in [0.5, 0.6) is 0 Å². The van der Waals surface area contributed by atoms with Gasteiger partial charge in [-0.2, -0.15) is 0 Å². The zero-order valence-electron chi connectivity index (χ0n) is 9.18. The number of nitrogens with zero attached hydrogens (tertiary/aromatic N) is 1. The zero-order valence-corrected chi connectivity index (χ0v) is 9.18. The lowest BCUT2D eigenvalue weighted by Gasteiger charge is -2.03. The first-order chi connectivity index (χ1) is 7.75. The number of pyridine rings is 1. The van der Waals surface area contributed by atoms with Crippen LogP contribution in [0.25, 0.3) is 0 Å². The molecule has 0 bridgehead atoms. The average Bonchev–Trinajstić information content (AvgIpc) is 2.30.